The number of aromatic carboxylic acids is 1. The Bertz CT molecular complexity index is 385. The molecule has 0 radical (unpaired) electrons. The van der Waals surface area contributed by atoms with Gasteiger partial charge in [0.1, 0.15) is 0 Å². The summed E-state index contributed by atoms with van der Waals surface area (Å²) < 4.78 is 0. The molecule has 13 heavy (non-hydrogen) atoms. The molecule has 1 aliphatic carbocycles. The Kier molecular flexibility index (Phi) is 1.52. The fourth-order valence-electron chi connectivity index (χ4n) is 1.44. The summed E-state index contributed by atoms with van der Waals surface area (Å²) >= 11 is 0. The fourth-order valence-corrected chi connectivity index (χ4v) is 1.44. The van der Waals surface area contributed by atoms with Crippen molar-refractivity contribution in [3.05, 3.63) is 47.5 Å². The fraction of sp³-hybridized carbons (Fsp3) is 0.182. The standard InChI is InChI=1S/C11H10O2/c1-11(6-7-11)9-5-3-2-4-8(9)10(12)13/h2-7H,1H3,(H,12,13). The van der Waals surface area contributed by atoms with Crippen LogP contribution in [0.4, 0.5) is 0 Å². The first-order valence-corrected chi connectivity index (χ1v) is 4.17. The van der Waals surface area contributed by atoms with Crippen LogP contribution < -0.4 is 0 Å². The van der Waals surface area contributed by atoms with Crippen molar-refractivity contribution in [3.63, 3.8) is 0 Å². The van der Waals surface area contributed by atoms with Crippen LogP contribution in [0.2, 0.25) is 0 Å². The molecule has 0 unspecified atom stereocenters. The lowest BCUT2D eigenvalue weighted by Crippen LogP contribution is -2.10. The van der Waals surface area contributed by atoms with Crippen LogP contribution in [0.15, 0.2) is 36.4 Å². The topological polar surface area (TPSA) is 37.3 Å². The Morgan fingerprint density at radius 1 is 1.31 bits per heavy atom. The molecule has 2 rings (SSSR count). The van der Waals surface area contributed by atoms with E-state index in [1.807, 2.05) is 31.2 Å². The number of carboxylic acids is 1. The van der Waals surface area contributed by atoms with Crippen LogP contribution in [0.3, 0.4) is 0 Å². The minimum Gasteiger partial charge on any atom is -0.478 e. The predicted molar refractivity (Wildman–Crippen MR) is 49.9 cm³/mol. The van der Waals surface area contributed by atoms with Gasteiger partial charge >= 0.3 is 5.97 Å². The van der Waals surface area contributed by atoms with Crippen molar-refractivity contribution >= 4 is 5.97 Å². The van der Waals surface area contributed by atoms with Crippen LogP contribution in [0.25, 0.3) is 0 Å². The molecule has 1 aromatic rings. The van der Waals surface area contributed by atoms with Crippen LogP contribution in [0, 0.1) is 0 Å². The van der Waals surface area contributed by atoms with Gasteiger partial charge in [-0.2, -0.15) is 0 Å². The molecule has 0 spiro atoms. The highest BCUT2D eigenvalue weighted by molar-refractivity contribution is 5.90. The van der Waals surface area contributed by atoms with Crippen LogP contribution in [0.5, 0.6) is 0 Å². The summed E-state index contributed by atoms with van der Waals surface area (Å²) in [4.78, 5) is 10.9. The molecule has 2 heteroatoms. The second-order valence-corrected chi connectivity index (χ2v) is 3.47. The van der Waals surface area contributed by atoms with Crippen molar-refractivity contribution < 1.29 is 9.90 Å². The summed E-state index contributed by atoms with van der Waals surface area (Å²) in [5, 5.41) is 8.93. The minimum absolute atomic E-state index is 0.116. The minimum atomic E-state index is -0.856. The lowest BCUT2D eigenvalue weighted by molar-refractivity contribution is 0.0695. The molecule has 2 nitrogen and oxygen atoms in total. The number of benzene rings is 1. The Morgan fingerprint density at radius 2 is 1.92 bits per heavy atom. The molecule has 1 aromatic carbocycles. The maximum atomic E-state index is 10.9. The van der Waals surface area contributed by atoms with E-state index in [-0.39, 0.29) is 5.41 Å². The van der Waals surface area contributed by atoms with Crippen LogP contribution >= 0.6 is 0 Å². The van der Waals surface area contributed by atoms with Gasteiger partial charge < -0.3 is 5.11 Å². The predicted octanol–water partition coefficient (Wildman–Crippen LogP) is 2.21. The second-order valence-electron chi connectivity index (χ2n) is 3.47. The second kappa shape index (κ2) is 2.46. The van der Waals surface area contributed by atoms with Crippen LogP contribution in [0.1, 0.15) is 22.8 Å². The number of allylic oxidation sites excluding steroid dienone is 2. The molecule has 66 valence electrons. The average Bonchev–Trinajstić information content (AvgIpc) is 2.85. The van der Waals surface area contributed by atoms with Crippen LogP contribution in [-0.2, 0) is 5.41 Å². The molecule has 0 aliphatic heterocycles. The van der Waals surface area contributed by atoms with E-state index in [0.29, 0.717) is 5.56 Å². The van der Waals surface area contributed by atoms with Gasteiger partial charge in [0.15, 0.2) is 0 Å². The van der Waals surface area contributed by atoms with Gasteiger partial charge in [0, 0.05) is 5.41 Å². The molecule has 0 heterocycles. The van der Waals surface area contributed by atoms with Gasteiger partial charge in [0.2, 0.25) is 0 Å². The van der Waals surface area contributed by atoms with Gasteiger partial charge in [-0.3, -0.25) is 0 Å². The number of rotatable bonds is 2. The van der Waals surface area contributed by atoms with Crippen molar-refractivity contribution in [1.82, 2.24) is 0 Å². The van der Waals surface area contributed by atoms with Gasteiger partial charge in [0.25, 0.3) is 0 Å². The van der Waals surface area contributed by atoms with E-state index >= 15 is 0 Å². The molecule has 0 saturated carbocycles. The van der Waals surface area contributed by atoms with Gasteiger partial charge in [-0.05, 0) is 18.6 Å². The Balaban J connectivity index is 2.50. The van der Waals surface area contributed by atoms with E-state index in [1.165, 1.54) is 0 Å². The van der Waals surface area contributed by atoms with E-state index in [4.69, 9.17) is 5.11 Å². The SMILES string of the molecule is CC1(c2ccccc2C(=O)O)C=C1. The van der Waals surface area contributed by atoms with Gasteiger partial charge in [0.05, 0.1) is 5.56 Å². The zero-order chi connectivity index (χ0) is 9.47. The Labute approximate surface area is 76.5 Å². The van der Waals surface area contributed by atoms with E-state index in [0.717, 1.165) is 5.56 Å². The van der Waals surface area contributed by atoms with Crippen molar-refractivity contribution in [2.45, 2.75) is 12.3 Å². The normalized spacial score (nSPS) is 17.0. The third kappa shape index (κ3) is 1.24. The number of hydrogen-bond acceptors (Lipinski definition) is 1. The summed E-state index contributed by atoms with van der Waals surface area (Å²) in [5.41, 5.74) is 1.16. The van der Waals surface area contributed by atoms with E-state index < -0.39 is 5.97 Å². The van der Waals surface area contributed by atoms with Crippen molar-refractivity contribution in [2.75, 3.05) is 0 Å². The summed E-state index contributed by atoms with van der Waals surface area (Å²) in [6, 6.07) is 7.12. The van der Waals surface area contributed by atoms with Gasteiger partial charge in [-0.25, -0.2) is 4.79 Å². The van der Waals surface area contributed by atoms with E-state index in [9.17, 15) is 4.79 Å². The van der Waals surface area contributed by atoms with Crippen molar-refractivity contribution in [3.8, 4) is 0 Å². The molecule has 1 N–H and O–H groups in total. The highest BCUT2D eigenvalue weighted by Gasteiger charge is 2.33. The quantitative estimate of drug-likeness (QED) is 0.698. The summed E-state index contributed by atoms with van der Waals surface area (Å²) in [6.07, 6.45) is 4.02. The maximum Gasteiger partial charge on any atom is 0.336 e. The summed E-state index contributed by atoms with van der Waals surface area (Å²) in [5.74, 6) is -0.856. The first-order valence-electron chi connectivity index (χ1n) is 4.17. The molecule has 0 bridgehead atoms. The third-order valence-electron chi connectivity index (χ3n) is 2.40. The van der Waals surface area contributed by atoms with Crippen molar-refractivity contribution in [1.29, 1.82) is 0 Å². The number of hydrogen-bond donors (Lipinski definition) is 1. The summed E-state index contributed by atoms with van der Waals surface area (Å²) in [6.45, 7) is 2.01. The largest absolute Gasteiger partial charge is 0.478 e. The molecule has 0 amide bonds. The molecule has 0 atom stereocenters. The lowest BCUT2D eigenvalue weighted by atomic mass is 9.91. The molecule has 0 saturated heterocycles. The third-order valence-corrected chi connectivity index (χ3v) is 2.40. The molecular formula is C11H10O2. The highest BCUT2D eigenvalue weighted by atomic mass is 16.4. The number of carboxylic acid groups (broad SMARTS) is 1. The molecule has 0 fully saturated rings. The monoisotopic (exact) mass is 174 g/mol. The smallest absolute Gasteiger partial charge is 0.336 e. The Hall–Kier alpha value is -1.57. The first kappa shape index (κ1) is 8.05. The molecule has 1 aliphatic rings. The van der Waals surface area contributed by atoms with Gasteiger partial charge in [-0.1, -0.05) is 30.4 Å². The molecule has 0 aromatic heterocycles. The zero-order valence-corrected chi connectivity index (χ0v) is 7.32. The summed E-state index contributed by atoms with van der Waals surface area (Å²) in [7, 11) is 0. The van der Waals surface area contributed by atoms with Gasteiger partial charge in [-0.15, -0.1) is 0 Å². The molecular weight excluding hydrogens is 164 g/mol. The van der Waals surface area contributed by atoms with E-state index in [2.05, 4.69) is 0 Å². The lowest BCUT2D eigenvalue weighted by Gasteiger charge is -2.12. The Morgan fingerprint density at radius 3 is 2.46 bits per heavy atom. The van der Waals surface area contributed by atoms with Crippen LogP contribution in [-0.4, -0.2) is 11.1 Å². The zero-order valence-electron chi connectivity index (χ0n) is 7.32. The highest BCUT2D eigenvalue weighted by Crippen LogP contribution is 2.39. The van der Waals surface area contributed by atoms with E-state index in [1.54, 1.807) is 12.1 Å². The average molecular weight is 174 g/mol. The van der Waals surface area contributed by atoms with Crippen molar-refractivity contribution in [2.24, 2.45) is 0 Å². The first-order chi connectivity index (χ1) is 6.13. The number of carbonyl (C=O) groups is 1. The maximum absolute atomic E-state index is 10.9.